The molecule has 0 radical (unpaired) electrons. The summed E-state index contributed by atoms with van der Waals surface area (Å²) < 4.78 is 6.01. The van der Waals surface area contributed by atoms with Crippen LogP contribution in [0.4, 0.5) is 0 Å². The molecule has 0 aliphatic carbocycles. The summed E-state index contributed by atoms with van der Waals surface area (Å²) in [4.78, 5) is 25.5. The second-order valence-electron chi connectivity index (χ2n) is 9.14. The zero-order valence-electron chi connectivity index (χ0n) is 18.4. The van der Waals surface area contributed by atoms with Crippen LogP contribution in [0, 0.1) is 0 Å². The number of carbonyl (C=O) groups excluding carboxylic acids is 1. The first-order valence-electron chi connectivity index (χ1n) is 11.4. The van der Waals surface area contributed by atoms with E-state index in [0.717, 1.165) is 46.6 Å². The van der Waals surface area contributed by atoms with Crippen LogP contribution in [0.3, 0.4) is 0 Å². The van der Waals surface area contributed by atoms with Crippen molar-refractivity contribution in [2.45, 2.75) is 31.4 Å². The smallest absolute Gasteiger partial charge is 0.253 e. The van der Waals surface area contributed by atoms with Crippen molar-refractivity contribution in [2.75, 3.05) is 19.7 Å². The lowest BCUT2D eigenvalue weighted by molar-refractivity contribution is -0.194. The predicted molar refractivity (Wildman–Crippen MR) is 124 cm³/mol. The van der Waals surface area contributed by atoms with Gasteiger partial charge in [-0.15, -0.1) is 0 Å². The van der Waals surface area contributed by atoms with Gasteiger partial charge >= 0.3 is 0 Å². The fourth-order valence-corrected chi connectivity index (χ4v) is 5.21. The van der Waals surface area contributed by atoms with Gasteiger partial charge in [0, 0.05) is 41.7 Å². The van der Waals surface area contributed by atoms with Gasteiger partial charge < -0.3 is 20.3 Å². The summed E-state index contributed by atoms with van der Waals surface area (Å²) >= 11 is 0. The van der Waals surface area contributed by atoms with Gasteiger partial charge in [0.05, 0.1) is 6.61 Å². The third-order valence-electron chi connectivity index (χ3n) is 7.23. The average Bonchev–Trinajstić information content (AvgIpc) is 3.48. The van der Waals surface area contributed by atoms with Crippen molar-refractivity contribution >= 4 is 5.91 Å². The summed E-state index contributed by atoms with van der Waals surface area (Å²) in [7, 11) is 0. The van der Waals surface area contributed by atoms with Crippen LogP contribution >= 0.6 is 0 Å². The maximum Gasteiger partial charge on any atom is 0.253 e. The minimum absolute atomic E-state index is 0.0201. The van der Waals surface area contributed by atoms with E-state index < -0.39 is 0 Å². The third-order valence-corrected chi connectivity index (χ3v) is 7.23. The lowest BCUT2D eigenvalue weighted by Gasteiger charge is -2.38. The van der Waals surface area contributed by atoms with E-state index in [1.165, 1.54) is 5.56 Å². The van der Waals surface area contributed by atoms with Gasteiger partial charge in [-0.2, -0.15) is 4.89 Å². The van der Waals surface area contributed by atoms with E-state index >= 15 is 0 Å². The van der Waals surface area contributed by atoms with Crippen LogP contribution in [0.2, 0.25) is 0 Å². The van der Waals surface area contributed by atoms with Crippen molar-refractivity contribution in [2.24, 2.45) is 5.73 Å². The number of amides is 1. The maximum atomic E-state index is 13.4. The van der Waals surface area contributed by atoms with Crippen molar-refractivity contribution < 1.29 is 19.3 Å². The Morgan fingerprint density at radius 3 is 2.64 bits per heavy atom. The molecule has 1 fully saturated rings. The Morgan fingerprint density at radius 2 is 1.79 bits per heavy atom. The SMILES string of the molecule is NCc1ccc2c(c1)C1(CCN(C(=O)c3cccc(-c4ccc5c(c4)COO5)c3)CC1)CO2. The molecular weight excluding hydrogens is 416 g/mol. The molecule has 6 nitrogen and oxygen atoms in total. The Bertz CT molecular complexity index is 1230. The van der Waals surface area contributed by atoms with E-state index in [0.29, 0.717) is 38.4 Å². The summed E-state index contributed by atoms with van der Waals surface area (Å²) in [5, 5.41) is 0. The molecule has 0 unspecified atom stereocenters. The van der Waals surface area contributed by atoms with Crippen LogP contribution in [0.25, 0.3) is 11.1 Å². The number of carbonyl (C=O) groups is 1. The van der Waals surface area contributed by atoms with E-state index in [-0.39, 0.29) is 11.3 Å². The molecule has 0 atom stereocenters. The first-order chi connectivity index (χ1) is 16.1. The lowest BCUT2D eigenvalue weighted by Crippen LogP contribution is -2.46. The van der Waals surface area contributed by atoms with Gasteiger partial charge in [0.15, 0.2) is 5.75 Å². The second-order valence-corrected chi connectivity index (χ2v) is 9.14. The molecule has 1 saturated heterocycles. The Hall–Kier alpha value is -3.35. The number of piperidine rings is 1. The number of likely N-dealkylation sites (tertiary alicyclic amines) is 1. The van der Waals surface area contributed by atoms with Crippen molar-refractivity contribution in [1.82, 2.24) is 4.90 Å². The molecular formula is C27H26N2O4. The van der Waals surface area contributed by atoms with Crippen LogP contribution < -0.4 is 15.4 Å². The lowest BCUT2D eigenvalue weighted by atomic mass is 9.74. The van der Waals surface area contributed by atoms with Crippen molar-refractivity contribution in [3.63, 3.8) is 0 Å². The molecule has 0 saturated carbocycles. The summed E-state index contributed by atoms with van der Waals surface area (Å²) in [6.45, 7) is 3.07. The number of nitrogens with zero attached hydrogens (tertiary/aromatic N) is 1. The molecule has 6 rings (SSSR count). The molecule has 0 aromatic heterocycles. The number of ether oxygens (including phenoxy) is 1. The van der Waals surface area contributed by atoms with Gasteiger partial charge in [-0.25, -0.2) is 0 Å². The summed E-state index contributed by atoms with van der Waals surface area (Å²) in [5.74, 6) is 1.79. The number of hydrogen-bond acceptors (Lipinski definition) is 5. The van der Waals surface area contributed by atoms with Crippen LogP contribution in [-0.4, -0.2) is 30.5 Å². The maximum absolute atomic E-state index is 13.4. The normalized spacial score (nSPS) is 17.9. The number of nitrogens with two attached hydrogens (primary N) is 1. The topological polar surface area (TPSA) is 74.0 Å². The molecule has 3 aromatic rings. The first-order valence-corrected chi connectivity index (χ1v) is 11.4. The molecule has 0 bridgehead atoms. The molecule has 3 aliphatic rings. The van der Waals surface area contributed by atoms with Crippen LogP contribution in [0.5, 0.6) is 11.5 Å². The van der Waals surface area contributed by atoms with Crippen molar-refractivity contribution in [3.8, 4) is 22.6 Å². The monoisotopic (exact) mass is 442 g/mol. The minimum atomic E-state index is -0.0201. The summed E-state index contributed by atoms with van der Waals surface area (Å²) in [5.41, 5.74) is 12.0. The summed E-state index contributed by atoms with van der Waals surface area (Å²) in [6.07, 6.45) is 1.79. The summed E-state index contributed by atoms with van der Waals surface area (Å²) in [6, 6.07) is 20.1. The van der Waals surface area contributed by atoms with Gasteiger partial charge in [0.1, 0.15) is 12.4 Å². The van der Waals surface area contributed by atoms with E-state index in [9.17, 15) is 4.79 Å². The Kier molecular flexibility index (Phi) is 4.85. The average molecular weight is 443 g/mol. The molecule has 6 heteroatoms. The highest BCUT2D eigenvalue weighted by atomic mass is 17.2. The minimum Gasteiger partial charge on any atom is -0.492 e. The molecule has 33 heavy (non-hydrogen) atoms. The Balaban J connectivity index is 1.20. The van der Waals surface area contributed by atoms with Crippen molar-refractivity contribution in [3.05, 3.63) is 82.9 Å². The number of hydrogen-bond donors (Lipinski definition) is 1. The molecule has 168 valence electrons. The highest BCUT2D eigenvalue weighted by molar-refractivity contribution is 5.95. The third kappa shape index (κ3) is 3.46. The molecule has 2 N–H and O–H groups in total. The van der Waals surface area contributed by atoms with Crippen LogP contribution in [0.15, 0.2) is 60.7 Å². The van der Waals surface area contributed by atoms with E-state index in [4.69, 9.17) is 20.2 Å². The number of benzene rings is 3. The highest BCUT2D eigenvalue weighted by Crippen LogP contribution is 2.46. The molecule has 3 heterocycles. The van der Waals surface area contributed by atoms with Gasteiger partial charge in [-0.3, -0.25) is 4.79 Å². The van der Waals surface area contributed by atoms with Crippen molar-refractivity contribution in [1.29, 1.82) is 0 Å². The van der Waals surface area contributed by atoms with Crippen LogP contribution in [-0.2, 0) is 23.5 Å². The van der Waals surface area contributed by atoms with E-state index in [1.807, 2.05) is 53.4 Å². The molecule has 3 aliphatic heterocycles. The van der Waals surface area contributed by atoms with Gasteiger partial charge in [0.2, 0.25) is 0 Å². The molecule has 1 spiro atoms. The fraction of sp³-hybridized carbons (Fsp3) is 0.296. The fourth-order valence-electron chi connectivity index (χ4n) is 5.21. The Labute approximate surface area is 192 Å². The van der Waals surface area contributed by atoms with Gasteiger partial charge in [0.25, 0.3) is 5.91 Å². The zero-order valence-corrected chi connectivity index (χ0v) is 18.4. The predicted octanol–water partition coefficient (Wildman–Crippen LogP) is 4.20. The van der Waals surface area contributed by atoms with Gasteiger partial charge in [-0.1, -0.05) is 30.3 Å². The molecule has 3 aromatic carbocycles. The van der Waals surface area contributed by atoms with Crippen LogP contribution in [0.1, 0.15) is 39.9 Å². The number of rotatable bonds is 3. The largest absolute Gasteiger partial charge is 0.492 e. The molecule has 1 amide bonds. The van der Waals surface area contributed by atoms with E-state index in [2.05, 4.69) is 12.1 Å². The number of fused-ring (bicyclic) bond motifs is 3. The highest BCUT2D eigenvalue weighted by Gasteiger charge is 2.44. The first kappa shape index (κ1) is 20.3. The quantitative estimate of drug-likeness (QED) is 0.616. The second kappa shape index (κ2) is 7.90. The van der Waals surface area contributed by atoms with Gasteiger partial charge in [-0.05, 0) is 59.9 Å². The zero-order chi connectivity index (χ0) is 22.4. The standard InChI is InChI=1S/C27H26N2O4/c28-15-18-4-6-25-23(12-18)27(17-31-25)8-10-29(11-9-27)26(30)21-3-1-2-19(13-21)20-5-7-24-22(14-20)16-32-33-24/h1-7,12-14H,8-11,15-17,28H2. The van der Waals surface area contributed by atoms with E-state index in [1.54, 1.807) is 0 Å². The Morgan fingerprint density at radius 1 is 0.970 bits per heavy atom.